The smallest absolute Gasteiger partial charge is 0.163 e. The number of ketones is 2. The Bertz CT molecular complexity index is 830. The zero-order chi connectivity index (χ0) is 19.4. The third kappa shape index (κ3) is 5.13. The van der Waals surface area contributed by atoms with Crippen LogP contribution in [-0.2, 0) is 4.79 Å². The molecule has 27 heavy (non-hydrogen) atoms. The van der Waals surface area contributed by atoms with Gasteiger partial charge in [-0.15, -0.1) is 0 Å². The first kappa shape index (κ1) is 20.4. The van der Waals surface area contributed by atoms with Crippen LogP contribution in [0.5, 0.6) is 0 Å². The monoisotopic (exact) mass is 422 g/mol. The average molecular weight is 424 g/mol. The van der Waals surface area contributed by atoms with Gasteiger partial charge in [0.25, 0.3) is 0 Å². The summed E-state index contributed by atoms with van der Waals surface area (Å²) < 4.78 is 0. The third-order valence-electron chi connectivity index (χ3n) is 5.28. The van der Waals surface area contributed by atoms with E-state index in [0.29, 0.717) is 27.1 Å². The molecular formula is C22H21Cl3O2. The summed E-state index contributed by atoms with van der Waals surface area (Å²) in [6.07, 6.45) is 4.63. The molecule has 1 saturated carbocycles. The van der Waals surface area contributed by atoms with Crippen LogP contribution in [0.2, 0.25) is 15.1 Å². The second kappa shape index (κ2) is 9.23. The molecule has 0 bridgehead atoms. The van der Waals surface area contributed by atoms with Crippen molar-refractivity contribution in [1.29, 1.82) is 0 Å². The van der Waals surface area contributed by atoms with E-state index in [2.05, 4.69) is 0 Å². The maximum atomic E-state index is 12.9. The largest absolute Gasteiger partial charge is 0.299 e. The van der Waals surface area contributed by atoms with E-state index in [0.717, 1.165) is 31.2 Å². The van der Waals surface area contributed by atoms with Crippen LogP contribution in [0.15, 0.2) is 42.5 Å². The summed E-state index contributed by atoms with van der Waals surface area (Å²) in [7, 11) is 0. The van der Waals surface area contributed by atoms with Gasteiger partial charge in [0.05, 0.1) is 10.0 Å². The van der Waals surface area contributed by atoms with Crippen LogP contribution < -0.4 is 0 Å². The van der Waals surface area contributed by atoms with Gasteiger partial charge in [0, 0.05) is 35.3 Å². The Morgan fingerprint density at radius 1 is 0.963 bits per heavy atom. The van der Waals surface area contributed by atoms with Crippen molar-refractivity contribution < 1.29 is 9.59 Å². The van der Waals surface area contributed by atoms with Gasteiger partial charge in [-0.3, -0.25) is 9.59 Å². The molecule has 5 heteroatoms. The Balaban J connectivity index is 1.93. The van der Waals surface area contributed by atoms with Gasteiger partial charge < -0.3 is 0 Å². The Morgan fingerprint density at radius 2 is 1.70 bits per heavy atom. The van der Waals surface area contributed by atoms with E-state index in [1.54, 1.807) is 36.4 Å². The van der Waals surface area contributed by atoms with Crippen molar-refractivity contribution in [2.75, 3.05) is 0 Å². The van der Waals surface area contributed by atoms with Crippen LogP contribution in [0.25, 0.3) is 0 Å². The first-order valence-corrected chi connectivity index (χ1v) is 10.4. The van der Waals surface area contributed by atoms with E-state index in [4.69, 9.17) is 34.8 Å². The summed E-state index contributed by atoms with van der Waals surface area (Å²) in [6, 6.07) is 12.3. The van der Waals surface area contributed by atoms with Gasteiger partial charge in [-0.1, -0.05) is 53.7 Å². The molecular weight excluding hydrogens is 403 g/mol. The zero-order valence-electron chi connectivity index (χ0n) is 14.9. The van der Waals surface area contributed by atoms with E-state index in [9.17, 15) is 9.59 Å². The fourth-order valence-electron chi connectivity index (χ4n) is 3.80. The van der Waals surface area contributed by atoms with Gasteiger partial charge in [-0.25, -0.2) is 0 Å². The van der Waals surface area contributed by atoms with Crippen LogP contribution in [0, 0.1) is 5.92 Å². The molecule has 0 N–H and O–H groups in total. The van der Waals surface area contributed by atoms with Crippen molar-refractivity contribution >= 4 is 46.4 Å². The highest BCUT2D eigenvalue weighted by Gasteiger charge is 2.32. The standard InChI is InChI=1S/C22H21Cl3O2/c23-16-9-6-14(7-10-16)22(27)13-18(15-8-11-19(24)20(25)12-15)17-4-2-1-3-5-21(17)26/h6-12,17-18H,1-5,13H2/t17-,18-/m0/s1. The molecule has 0 radical (unpaired) electrons. The lowest BCUT2D eigenvalue weighted by atomic mass is 9.77. The molecule has 1 fully saturated rings. The van der Waals surface area contributed by atoms with Gasteiger partial charge >= 0.3 is 0 Å². The second-order valence-electron chi connectivity index (χ2n) is 7.09. The van der Waals surface area contributed by atoms with Crippen LogP contribution >= 0.6 is 34.8 Å². The number of halogens is 3. The van der Waals surface area contributed by atoms with Crippen molar-refractivity contribution in [1.82, 2.24) is 0 Å². The summed E-state index contributed by atoms with van der Waals surface area (Å²) in [5.41, 5.74) is 1.50. The van der Waals surface area contributed by atoms with Crippen LogP contribution in [0.3, 0.4) is 0 Å². The van der Waals surface area contributed by atoms with Crippen LogP contribution in [-0.4, -0.2) is 11.6 Å². The molecule has 0 unspecified atom stereocenters. The minimum absolute atomic E-state index is 0.000198. The maximum absolute atomic E-state index is 12.9. The Hall–Kier alpha value is -1.35. The van der Waals surface area contributed by atoms with Gasteiger partial charge in [0.1, 0.15) is 5.78 Å². The molecule has 2 aromatic carbocycles. The van der Waals surface area contributed by atoms with Crippen LogP contribution in [0.1, 0.15) is 60.4 Å². The van der Waals surface area contributed by atoms with Crippen molar-refractivity contribution in [2.45, 2.75) is 44.4 Å². The van der Waals surface area contributed by atoms with Gasteiger partial charge in [0.2, 0.25) is 0 Å². The first-order valence-electron chi connectivity index (χ1n) is 9.22. The van der Waals surface area contributed by atoms with Crippen molar-refractivity contribution in [3.8, 4) is 0 Å². The van der Waals surface area contributed by atoms with Crippen molar-refractivity contribution in [3.63, 3.8) is 0 Å². The molecule has 0 aromatic heterocycles. The van der Waals surface area contributed by atoms with E-state index in [1.165, 1.54) is 0 Å². The lowest BCUT2D eigenvalue weighted by Gasteiger charge is -2.25. The second-order valence-corrected chi connectivity index (χ2v) is 8.34. The van der Waals surface area contributed by atoms with E-state index in [1.807, 2.05) is 6.07 Å². The summed E-state index contributed by atoms with van der Waals surface area (Å²) in [4.78, 5) is 25.7. The number of carbonyl (C=O) groups is 2. The number of carbonyl (C=O) groups excluding carboxylic acids is 2. The predicted molar refractivity (Wildman–Crippen MR) is 111 cm³/mol. The highest BCUT2D eigenvalue weighted by molar-refractivity contribution is 6.42. The summed E-state index contributed by atoms with van der Waals surface area (Å²) in [5, 5.41) is 1.50. The van der Waals surface area contributed by atoms with Gasteiger partial charge in [-0.05, 0) is 54.8 Å². The highest BCUT2D eigenvalue weighted by atomic mass is 35.5. The van der Waals surface area contributed by atoms with E-state index in [-0.39, 0.29) is 29.8 Å². The maximum Gasteiger partial charge on any atom is 0.163 e. The first-order chi connectivity index (χ1) is 13.0. The van der Waals surface area contributed by atoms with E-state index < -0.39 is 0 Å². The Kier molecular flexibility index (Phi) is 6.97. The summed E-state index contributed by atoms with van der Waals surface area (Å²) in [5.74, 6) is -0.123. The normalized spacial score (nSPS) is 18.8. The molecule has 2 aromatic rings. The average Bonchev–Trinajstić information content (AvgIpc) is 2.87. The molecule has 142 valence electrons. The lowest BCUT2D eigenvalue weighted by molar-refractivity contribution is -0.123. The minimum Gasteiger partial charge on any atom is -0.299 e. The molecule has 0 heterocycles. The third-order valence-corrected chi connectivity index (χ3v) is 6.27. The number of benzene rings is 2. The predicted octanol–water partition coefficient (Wildman–Crippen LogP) is 7.15. The van der Waals surface area contributed by atoms with Crippen LogP contribution in [0.4, 0.5) is 0 Å². The Morgan fingerprint density at radius 3 is 2.41 bits per heavy atom. The topological polar surface area (TPSA) is 34.1 Å². The fourth-order valence-corrected chi connectivity index (χ4v) is 4.23. The molecule has 1 aliphatic rings. The number of Topliss-reactive ketones (excluding diaryl/α,β-unsaturated/α-hetero) is 2. The molecule has 0 aliphatic heterocycles. The molecule has 1 aliphatic carbocycles. The SMILES string of the molecule is O=C(C[C@@H](c1ccc(Cl)c(Cl)c1)[C@@H]1CCCCCC1=O)c1ccc(Cl)cc1. The summed E-state index contributed by atoms with van der Waals surface area (Å²) in [6.45, 7) is 0. The molecule has 0 saturated heterocycles. The minimum atomic E-state index is -0.200. The van der Waals surface area contributed by atoms with Crippen molar-refractivity contribution in [2.24, 2.45) is 5.92 Å². The van der Waals surface area contributed by atoms with Gasteiger partial charge in [0.15, 0.2) is 5.78 Å². The molecule has 2 nitrogen and oxygen atoms in total. The quantitative estimate of drug-likeness (QED) is 0.378. The number of hydrogen-bond donors (Lipinski definition) is 0. The number of rotatable bonds is 5. The number of hydrogen-bond acceptors (Lipinski definition) is 2. The summed E-state index contributed by atoms with van der Waals surface area (Å²) >= 11 is 18.2. The zero-order valence-corrected chi connectivity index (χ0v) is 17.2. The molecule has 0 amide bonds. The highest BCUT2D eigenvalue weighted by Crippen LogP contribution is 2.38. The van der Waals surface area contributed by atoms with E-state index >= 15 is 0 Å². The molecule has 3 rings (SSSR count). The Labute approximate surface area is 174 Å². The fraction of sp³-hybridized carbons (Fsp3) is 0.364. The lowest BCUT2D eigenvalue weighted by Crippen LogP contribution is -2.24. The molecule has 0 spiro atoms. The molecule has 2 atom stereocenters. The van der Waals surface area contributed by atoms with Crippen molar-refractivity contribution in [3.05, 3.63) is 68.7 Å². The van der Waals surface area contributed by atoms with Gasteiger partial charge in [-0.2, -0.15) is 0 Å².